The zero-order valence-electron chi connectivity index (χ0n) is 61.5. The van der Waals surface area contributed by atoms with Crippen molar-refractivity contribution in [1.29, 1.82) is 0 Å². The topological polar surface area (TPSA) is 302 Å². The number of nitrogens with one attached hydrogen (secondary N) is 3. The van der Waals surface area contributed by atoms with Gasteiger partial charge in [-0.3, -0.25) is 52.7 Å². The number of ether oxygens (including phenoxy) is 2. The van der Waals surface area contributed by atoms with Gasteiger partial charge in [0.05, 0.1) is 31.4 Å². The number of hydrogen-bond donors (Lipinski definition) is 4. The van der Waals surface area contributed by atoms with E-state index in [4.69, 9.17) is 9.47 Å². The molecule has 538 valence electrons. The molecular formula is C69H122N10O15. The van der Waals surface area contributed by atoms with Crippen LogP contribution in [0.15, 0.2) is 12.2 Å². The Balaban J connectivity index is 4.36. The third-order valence-electron chi connectivity index (χ3n) is 17.9. The van der Waals surface area contributed by atoms with E-state index in [1.54, 1.807) is 74.5 Å². The van der Waals surface area contributed by atoms with E-state index < -0.39 is 174 Å². The number of rotatable bonds is 21. The van der Waals surface area contributed by atoms with Gasteiger partial charge in [0.25, 0.3) is 0 Å². The minimum atomic E-state index is -1.64. The molecular weight excluding hydrogens is 1210 g/mol. The number of carbonyl (C=O) groups is 12. The van der Waals surface area contributed by atoms with E-state index in [9.17, 15) is 43.5 Å². The predicted octanol–water partition coefficient (Wildman–Crippen LogP) is 5.34. The smallest absolute Gasteiger partial charge is 0.407 e. The molecule has 0 aromatic carbocycles. The summed E-state index contributed by atoms with van der Waals surface area (Å²) in [4.78, 5) is 183. The average molecular weight is 1330 g/mol. The van der Waals surface area contributed by atoms with Crippen LogP contribution in [0, 0.1) is 47.3 Å². The summed E-state index contributed by atoms with van der Waals surface area (Å²) in [5, 5.41) is 20.2. The van der Waals surface area contributed by atoms with Crippen LogP contribution in [0.4, 0.5) is 4.79 Å². The predicted molar refractivity (Wildman–Crippen MR) is 361 cm³/mol. The number of aliphatic hydroxyl groups is 1. The van der Waals surface area contributed by atoms with Crippen molar-refractivity contribution < 1.29 is 72.1 Å². The van der Waals surface area contributed by atoms with E-state index in [1.807, 2.05) is 41.5 Å². The van der Waals surface area contributed by atoms with Crippen molar-refractivity contribution in [3.05, 3.63) is 12.2 Å². The molecule has 1 saturated heterocycles. The lowest BCUT2D eigenvalue weighted by Crippen LogP contribution is -2.63. The molecule has 0 aromatic rings. The van der Waals surface area contributed by atoms with Crippen molar-refractivity contribution >= 4 is 70.8 Å². The van der Waals surface area contributed by atoms with Crippen LogP contribution < -0.4 is 16.0 Å². The summed E-state index contributed by atoms with van der Waals surface area (Å²) in [7, 11) is 9.90. The van der Waals surface area contributed by atoms with Gasteiger partial charge in [-0.1, -0.05) is 102 Å². The Labute approximate surface area is 562 Å². The maximum atomic E-state index is 15.2. The Bertz CT molecular complexity index is 2560. The molecule has 4 N–H and O–H groups in total. The Hall–Kier alpha value is -6.50. The van der Waals surface area contributed by atoms with Crippen molar-refractivity contribution in [3.63, 3.8) is 0 Å². The van der Waals surface area contributed by atoms with Crippen molar-refractivity contribution in [2.45, 2.75) is 236 Å². The summed E-state index contributed by atoms with van der Waals surface area (Å²) < 4.78 is 11.4. The highest BCUT2D eigenvalue weighted by Crippen LogP contribution is 2.28. The molecule has 0 radical (unpaired) electrons. The molecule has 1 aliphatic rings. The number of amides is 10. The van der Waals surface area contributed by atoms with Crippen LogP contribution in [0.2, 0.25) is 0 Å². The number of hydrogen-bond acceptors (Lipinski definition) is 15. The van der Waals surface area contributed by atoms with E-state index in [0.717, 1.165) is 14.7 Å². The summed E-state index contributed by atoms with van der Waals surface area (Å²) in [5.74, 6) is -11.3. The van der Waals surface area contributed by atoms with Crippen molar-refractivity contribution in [3.8, 4) is 0 Å². The fourth-order valence-electron chi connectivity index (χ4n) is 12.0. The van der Waals surface area contributed by atoms with Gasteiger partial charge in [-0.15, -0.1) is 0 Å². The maximum absolute atomic E-state index is 15.2. The third-order valence-corrected chi connectivity index (χ3v) is 17.9. The molecule has 13 atom stereocenters. The molecule has 0 spiro atoms. The van der Waals surface area contributed by atoms with Crippen LogP contribution in [0.3, 0.4) is 0 Å². The number of alkyl carbamates (subject to hydrolysis) is 1. The van der Waals surface area contributed by atoms with Gasteiger partial charge in [0.1, 0.15) is 42.3 Å². The minimum Gasteiger partial charge on any atom is -0.450 e. The van der Waals surface area contributed by atoms with Crippen molar-refractivity contribution in [2.75, 3.05) is 75.6 Å². The fourth-order valence-corrected chi connectivity index (χ4v) is 12.0. The number of ketones is 2. The largest absolute Gasteiger partial charge is 0.450 e. The van der Waals surface area contributed by atoms with Crippen LogP contribution in [-0.4, -0.2) is 246 Å². The number of Topliss-reactive ketones (excluding diaryl/α,β-unsaturated/α-hetero) is 2. The molecule has 10 amide bonds. The molecule has 94 heavy (non-hydrogen) atoms. The molecule has 0 unspecified atom stereocenters. The third kappa shape index (κ3) is 25.2. The normalized spacial score (nSPS) is 25.8. The average Bonchev–Trinajstić information content (AvgIpc) is 0.810. The standard InChI is InChI=1S/C69H122N10O15/c1-25-28-31-45(14)60(83)59-62(85)72-50(26-2)65(88)73(18)39-56(82)77(22)58(48(17)93-32-29-30-33-94-69(92)70-27-3)55(81)38-49(43(10)11)64(87)74(19)51(34-40(4)5)54(80)37-46(15)61(84)71-47(16)63(86)75(20)52(35-41(6)7)66(89)76(21)53(36-42(8)9)67(90)78(23)57(44(12)13)68(91)79(59)24/h25,28,40-53,57-60,83H,26-27,29-39H2,1-24H3,(H,70,92)(H,71,84)(H,72,85)/b28-25+/t45-,46-,47-,48-,49+,50+,51+,52+,53+,57+,58+,59+,60-/m1/s1. The zero-order chi connectivity index (χ0) is 72.5. The first-order chi connectivity index (χ1) is 43.7. The minimum absolute atomic E-state index is 0.0130. The quantitative estimate of drug-likeness (QED) is 0.0834. The van der Waals surface area contributed by atoms with Crippen LogP contribution >= 0.6 is 0 Å². The lowest BCUT2D eigenvalue weighted by Gasteiger charge is -2.41. The summed E-state index contributed by atoms with van der Waals surface area (Å²) >= 11 is 0. The first kappa shape index (κ1) is 85.5. The van der Waals surface area contributed by atoms with Crippen LogP contribution in [0.1, 0.15) is 175 Å². The Kier molecular flexibility index (Phi) is 37.1. The van der Waals surface area contributed by atoms with Gasteiger partial charge in [-0.2, -0.15) is 0 Å². The number of unbranched alkanes of at least 4 members (excludes halogenated alkanes) is 1. The highest BCUT2D eigenvalue weighted by molar-refractivity contribution is 5.99. The number of nitrogens with zero attached hydrogens (tertiary/aromatic N) is 7. The van der Waals surface area contributed by atoms with Gasteiger partial charge in [0.15, 0.2) is 11.6 Å². The molecule has 1 rings (SSSR count). The Morgan fingerprint density at radius 2 is 1.07 bits per heavy atom. The molecule has 0 aliphatic carbocycles. The zero-order valence-corrected chi connectivity index (χ0v) is 61.5. The molecule has 25 heteroatoms. The van der Waals surface area contributed by atoms with E-state index in [1.165, 1.54) is 82.8 Å². The van der Waals surface area contributed by atoms with E-state index in [-0.39, 0.29) is 63.1 Å². The number of likely N-dealkylation sites (N-methyl/N-ethyl adjacent to an activating group) is 7. The second-order valence-corrected chi connectivity index (χ2v) is 28.0. The van der Waals surface area contributed by atoms with Crippen LogP contribution in [0.25, 0.3) is 0 Å². The molecule has 25 nitrogen and oxygen atoms in total. The monoisotopic (exact) mass is 1330 g/mol. The molecule has 1 aliphatic heterocycles. The number of carbonyl (C=O) groups excluding carboxylic acids is 12. The highest BCUT2D eigenvalue weighted by Gasteiger charge is 2.46. The SMILES string of the molecule is C/C=C/C[C@@H](C)[C@@H](O)[C@H]1C(=O)N[C@@H](CC)C(=O)N(C)CC(=O)N(C)[C@@H]([C@@H](C)OCCCCOC(=O)NCC)C(=O)C[C@@H](C(C)C)C(=O)N(C)[C@@H](CC(C)C)C(=O)C[C@@H](C)C(=O)N[C@H](C)C(=O)N(C)[C@@H](CC(C)C)C(=O)N(C)[C@@H](CC(C)C)C(=O)N(C)[C@@H](C(C)C)C(=O)N1C. The Morgan fingerprint density at radius 3 is 1.57 bits per heavy atom. The maximum Gasteiger partial charge on any atom is 0.407 e. The van der Waals surface area contributed by atoms with Crippen molar-refractivity contribution in [2.24, 2.45) is 47.3 Å². The second kappa shape index (κ2) is 40.8. The van der Waals surface area contributed by atoms with E-state index >= 15 is 19.2 Å². The molecule has 0 bridgehead atoms. The number of allylic oxidation sites excluding steroid dienone is 2. The van der Waals surface area contributed by atoms with Gasteiger partial charge < -0.3 is 64.8 Å². The summed E-state index contributed by atoms with van der Waals surface area (Å²) in [5.41, 5.74) is 0. The summed E-state index contributed by atoms with van der Waals surface area (Å²) in [6.07, 6.45) is 1.31. The van der Waals surface area contributed by atoms with E-state index in [2.05, 4.69) is 16.0 Å². The lowest BCUT2D eigenvalue weighted by atomic mass is 9.85. The number of aliphatic hydroxyl groups excluding tert-OH is 1. The molecule has 1 fully saturated rings. The fraction of sp³-hybridized carbons (Fsp3) is 0.797. The van der Waals surface area contributed by atoms with Gasteiger partial charge in [0, 0.05) is 87.2 Å². The second-order valence-electron chi connectivity index (χ2n) is 28.0. The first-order valence-electron chi connectivity index (χ1n) is 34.0. The summed E-state index contributed by atoms with van der Waals surface area (Å²) in [6.45, 7) is 29.6. The summed E-state index contributed by atoms with van der Waals surface area (Å²) in [6, 6.07) is -10.1. The van der Waals surface area contributed by atoms with E-state index in [0.29, 0.717) is 25.8 Å². The molecule has 0 aromatic heterocycles. The Morgan fingerprint density at radius 1 is 0.574 bits per heavy atom. The first-order valence-corrected chi connectivity index (χ1v) is 34.0. The van der Waals surface area contributed by atoms with Crippen LogP contribution in [-0.2, 0) is 62.2 Å². The lowest BCUT2D eigenvalue weighted by molar-refractivity contribution is -0.157. The van der Waals surface area contributed by atoms with Crippen molar-refractivity contribution in [1.82, 2.24) is 50.2 Å². The van der Waals surface area contributed by atoms with Gasteiger partial charge >= 0.3 is 6.09 Å². The van der Waals surface area contributed by atoms with Crippen LogP contribution in [0.5, 0.6) is 0 Å². The molecule has 1 heterocycles. The highest BCUT2D eigenvalue weighted by atomic mass is 16.5. The molecule has 0 saturated carbocycles. The van der Waals surface area contributed by atoms with Gasteiger partial charge in [0.2, 0.25) is 53.2 Å². The van der Waals surface area contributed by atoms with Gasteiger partial charge in [-0.25, -0.2) is 4.79 Å². The van der Waals surface area contributed by atoms with Gasteiger partial charge in [-0.05, 0) is 108 Å².